The van der Waals surface area contributed by atoms with Crippen LogP contribution in [0.2, 0.25) is 0 Å². The summed E-state index contributed by atoms with van der Waals surface area (Å²) in [6.07, 6.45) is 6.24. The lowest BCUT2D eigenvalue weighted by molar-refractivity contribution is -0.173. The topological polar surface area (TPSA) is 40.5 Å². The van der Waals surface area contributed by atoms with Crippen molar-refractivity contribution in [2.24, 2.45) is 39.4 Å². The van der Waals surface area contributed by atoms with Crippen molar-refractivity contribution in [2.45, 2.75) is 85.4 Å². The molecule has 0 aromatic heterocycles. The molecule has 0 saturated heterocycles. The molecule has 8 atom stereocenters. The first kappa shape index (κ1) is 15.4. The van der Waals surface area contributed by atoms with Gasteiger partial charge >= 0.3 is 0 Å². The van der Waals surface area contributed by atoms with Crippen LogP contribution in [-0.4, -0.2) is 22.4 Å². The molecule has 4 fully saturated rings. The van der Waals surface area contributed by atoms with Crippen LogP contribution in [0.1, 0.15) is 73.1 Å². The Hall–Kier alpha value is -0.0800. The summed E-state index contributed by atoms with van der Waals surface area (Å²) in [5.41, 5.74) is 1.00. The molecule has 2 heteroatoms. The van der Waals surface area contributed by atoms with E-state index in [-0.39, 0.29) is 23.0 Å². The van der Waals surface area contributed by atoms with Gasteiger partial charge in [-0.25, -0.2) is 0 Å². The lowest BCUT2D eigenvalue weighted by Gasteiger charge is -2.57. The second-order valence-corrected chi connectivity index (χ2v) is 10.5. The highest BCUT2D eigenvalue weighted by Gasteiger charge is 2.76. The van der Waals surface area contributed by atoms with Crippen molar-refractivity contribution < 1.29 is 10.2 Å². The molecule has 1 spiro atoms. The van der Waals surface area contributed by atoms with E-state index in [1.165, 1.54) is 25.7 Å². The molecule has 4 rings (SSSR count). The maximum atomic E-state index is 10.9. The van der Waals surface area contributed by atoms with Gasteiger partial charge in [0.2, 0.25) is 0 Å². The summed E-state index contributed by atoms with van der Waals surface area (Å²) < 4.78 is 0. The molecule has 0 heterocycles. The average molecular weight is 306 g/mol. The van der Waals surface area contributed by atoms with Crippen LogP contribution in [0.15, 0.2) is 0 Å². The van der Waals surface area contributed by atoms with Gasteiger partial charge in [0, 0.05) is 6.42 Å². The van der Waals surface area contributed by atoms with Crippen LogP contribution in [0.25, 0.3) is 0 Å². The highest BCUT2D eigenvalue weighted by Crippen LogP contribution is 2.80. The molecule has 0 aromatic carbocycles. The summed E-state index contributed by atoms with van der Waals surface area (Å²) in [7, 11) is 0. The summed E-state index contributed by atoms with van der Waals surface area (Å²) in [6, 6.07) is 0. The maximum absolute atomic E-state index is 10.9. The molecule has 4 aliphatic rings. The fourth-order valence-corrected chi connectivity index (χ4v) is 8.46. The van der Waals surface area contributed by atoms with E-state index in [9.17, 15) is 10.2 Å². The maximum Gasteiger partial charge on any atom is 0.0624 e. The van der Waals surface area contributed by atoms with Crippen molar-refractivity contribution in [3.63, 3.8) is 0 Å². The van der Waals surface area contributed by atoms with E-state index in [0.29, 0.717) is 29.1 Å². The zero-order chi connectivity index (χ0) is 16.1. The second kappa shape index (κ2) is 4.11. The van der Waals surface area contributed by atoms with Crippen LogP contribution in [-0.2, 0) is 0 Å². The normalized spacial score (nSPS) is 62.6. The predicted molar refractivity (Wildman–Crippen MR) is 88.3 cm³/mol. The van der Waals surface area contributed by atoms with Crippen LogP contribution in [0, 0.1) is 39.4 Å². The third-order valence-corrected chi connectivity index (χ3v) is 9.32. The number of hydrogen-bond acceptors (Lipinski definition) is 2. The Kier molecular flexibility index (Phi) is 2.89. The van der Waals surface area contributed by atoms with E-state index in [1.807, 2.05) is 0 Å². The SMILES string of the molecule is C[C@@H]1[C@@H](O)C[C@H](O)[C@@]2(C)CC[C@@H]3[C@H]4C(C)(C)CC[C@@]4(C)C[C@@]132. The zero-order valence-electron chi connectivity index (χ0n) is 15.0. The molecular weight excluding hydrogens is 272 g/mol. The van der Waals surface area contributed by atoms with Gasteiger partial charge in [-0.1, -0.05) is 34.6 Å². The number of aliphatic hydroxyl groups excluding tert-OH is 2. The van der Waals surface area contributed by atoms with E-state index in [4.69, 9.17) is 0 Å². The Labute approximate surface area is 135 Å². The van der Waals surface area contributed by atoms with Gasteiger partial charge in [0.05, 0.1) is 12.2 Å². The largest absolute Gasteiger partial charge is 0.393 e. The van der Waals surface area contributed by atoms with Crippen LogP contribution < -0.4 is 0 Å². The van der Waals surface area contributed by atoms with Gasteiger partial charge in [0.1, 0.15) is 0 Å². The first-order chi connectivity index (χ1) is 10.1. The Morgan fingerprint density at radius 1 is 0.955 bits per heavy atom. The lowest BCUT2D eigenvalue weighted by atomic mass is 9.49. The highest BCUT2D eigenvalue weighted by atomic mass is 16.3. The van der Waals surface area contributed by atoms with Crippen LogP contribution in [0.3, 0.4) is 0 Å². The standard InChI is InChI=1S/C20H34O2/c1-12-14(21)10-15(22)19(5)7-6-13-16-17(2,3)8-9-18(16,4)11-20(12,13)19/h12-16,21-22H,6-11H2,1-5H3/t12-,13-,14+,15+,16+,18+,19-,20-/m1/s1. The molecule has 22 heavy (non-hydrogen) atoms. The van der Waals surface area contributed by atoms with Crippen LogP contribution >= 0.6 is 0 Å². The number of fused-ring (bicyclic) bond motifs is 2. The van der Waals surface area contributed by atoms with Crippen LogP contribution in [0.5, 0.6) is 0 Å². The van der Waals surface area contributed by atoms with Crippen molar-refractivity contribution in [3.8, 4) is 0 Å². The molecule has 2 nitrogen and oxygen atoms in total. The first-order valence-electron chi connectivity index (χ1n) is 9.45. The molecule has 4 saturated carbocycles. The minimum absolute atomic E-state index is 0.0136. The Balaban J connectivity index is 1.87. The highest BCUT2D eigenvalue weighted by molar-refractivity contribution is 5.24. The van der Waals surface area contributed by atoms with Gasteiger partial charge in [-0.05, 0) is 71.5 Å². The van der Waals surface area contributed by atoms with Crippen molar-refractivity contribution in [1.29, 1.82) is 0 Å². The van der Waals surface area contributed by atoms with Gasteiger partial charge in [0.25, 0.3) is 0 Å². The second-order valence-electron chi connectivity index (χ2n) is 10.5. The van der Waals surface area contributed by atoms with Crippen molar-refractivity contribution in [2.75, 3.05) is 0 Å². The van der Waals surface area contributed by atoms with Crippen molar-refractivity contribution >= 4 is 0 Å². The minimum Gasteiger partial charge on any atom is -0.393 e. The molecule has 0 radical (unpaired) electrons. The average Bonchev–Trinajstić information content (AvgIpc) is 2.94. The molecule has 2 N–H and O–H groups in total. The Morgan fingerprint density at radius 2 is 1.64 bits per heavy atom. The monoisotopic (exact) mass is 306 g/mol. The quantitative estimate of drug-likeness (QED) is 0.710. The van der Waals surface area contributed by atoms with Gasteiger partial charge in [0.15, 0.2) is 0 Å². The molecule has 0 amide bonds. The van der Waals surface area contributed by atoms with Crippen LogP contribution in [0.4, 0.5) is 0 Å². The molecule has 4 aliphatic carbocycles. The minimum atomic E-state index is -0.325. The third-order valence-electron chi connectivity index (χ3n) is 9.32. The van der Waals surface area contributed by atoms with E-state index in [1.54, 1.807) is 0 Å². The molecule has 0 aromatic rings. The van der Waals surface area contributed by atoms with Gasteiger partial charge in [-0.3, -0.25) is 0 Å². The van der Waals surface area contributed by atoms with E-state index in [0.717, 1.165) is 12.3 Å². The molecular formula is C20H34O2. The molecule has 0 aliphatic heterocycles. The number of rotatable bonds is 0. The molecule has 126 valence electrons. The van der Waals surface area contributed by atoms with Gasteiger partial charge in [-0.2, -0.15) is 0 Å². The smallest absolute Gasteiger partial charge is 0.0624 e. The van der Waals surface area contributed by atoms with Gasteiger partial charge < -0.3 is 10.2 Å². The lowest BCUT2D eigenvalue weighted by Crippen LogP contribution is -2.58. The summed E-state index contributed by atoms with van der Waals surface area (Å²) >= 11 is 0. The van der Waals surface area contributed by atoms with Crippen molar-refractivity contribution in [1.82, 2.24) is 0 Å². The van der Waals surface area contributed by atoms with E-state index in [2.05, 4.69) is 34.6 Å². The summed E-state index contributed by atoms with van der Waals surface area (Å²) in [6.45, 7) is 12.1. The Bertz CT molecular complexity index is 500. The summed E-state index contributed by atoms with van der Waals surface area (Å²) in [4.78, 5) is 0. The van der Waals surface area contributed by atoms with Gasteiger partial charge in [-0.15, -0.1) is 0 Å². The van der Waals surface area contributed by atoms with E-state index < -0.39 is 0 Å². The number of hydrogen-bond donors (Lipinski definition) is 2. The first-order valence-corrected chi connectivity index (χ1v) is 9.45. The van der Waals surface area contributed by atoms with Crippen molar-refractivity contribution in [3.05, 3.63) is 0 Å². The molecule has 0 unspecified atom stereocenters. The predicted octanol–water partition coefficient (Wildman–Crippen LogP) is 4.00. The summed E-state index contributed by atoms with van der Waals surface area (Å²) in [5.74, 6) is 1.79. The van der Waals surface area contributed by atoms with E-state index >= 15 is 0 Å². The summed E-state index contributed by atoms with van der Waals surface area (Å²) in [5, 5.41) is 21.6. The fraction of sp³-hybridized carbons (Fsp3) is 1.00. The zero-order valence-corrected chi connectivity index (χ0v) is 15.0. The number of aliphatic hydroxyl groups is 2. The molecule has 0 bridgehead atoms. The Morgan fingerprint density at radius 3 is 2.32 bits per heavy atom. The third kappa shape index (κ3) is 1.46. The fourth-order valence-electron chi connectivity index (χ4n) is 8.46.